The molecule has 1 heterocycles. The number of fused-ring (bicyclic) bond motifs is 1. The molecule has 0 radical (unpaired) electrons. The van der Waals surface area contributed by atoms with Gasteiger partial charge in [-0.25, -0.2) is 0 Å². The molecule has 3 aliphatic rings. The van der Waals surface area contributed by atoms with Crippen LogP contribution in [0.4, 0.5) is 0 Å². The average Bonchev–Trinajstić information content (AvgIpc) is 2.98. The van der Waals surface area contributed by atoms with E-state index in [0.717, 1.165) is 17.8 Å². The fraction of sp³-hybridized carbons (Fsp3) is 0.941. The maximum atomic E-state index is 5.89. The molecular formula is C17H31N3OS. The van der Waals surface area contributed by atoms with Gasteiger partial charge < -0.3 is 15.4 Å². The number of rotatable bonds is 3. The molecule has 4 nitrogen and oxygen atoms in total. The molecule has 2 aliphatic carbocycles. The van der Waals surface area contributed by atoms with E-state index in [0.29, 0.717) is 24.1 Å². The van der Waals surface area contributed by atoms with Crippen LogP contribution in [0.25, 0.3) is 0 Å². The summed E-state index contributed by atoms with van der Waals surface area (Å²) in [5.74, 6) is 1.63. The topological polar surface area (TPSA) is 45.7 Å². The van der Waals surface area contributed by atoms with Crippen LogP contribution in [0, 0.1) is 11.3 Å². The fourth-order valence-corrected chi connectivity index (χ4v) is 5.45. The van der Waals surface area contributed by atoms with Crippen molar-refractivity contribution in [3.63, 3.8) is 0 Å². The lowest BCUT2D eigenvalue weighted by molar-refractivity contribution is -0.106. The van der Waals surface area contributed by atoms with Crippen molar-refractivity contribution in [2.45, 2.75) is 69.4 Å². The first-order valence-corrected chi connectivity index (χ1v) is 9.99. The second-order valence-electron chi connectivity index (χ2n) is 7.63. The molecule has 2 N–H and O–H groups in total. The third kappa shape index (κ3) is 2.99. The summed E-state index contributed by atoms with van der Waals surface area (Å²) in [5.41, 5.74) is 0.202. The Hall–Kier alpha value is -0.420. The third-order valence-corrected chi connectivity index (χ3v) is 7.01. The lowest BCUT2D eigenvalue weighted by atomic mass is 9.57. The van der Waals surface area contributed by atoms with Gasteiger partial charge in [0.2, 0.25) is 0 Å². The molecule has 5 unspecified atom stereocenters. The zero-order chi connectivity index (χ0) is 15.7. The number of thioether (sulfide) groups is 1. The molecule has 0 spiro atoms. The first-order chi connectivity index (χ1) is 10.6. The van der Waals surface area contributed by atoms with Crippen molar-refractivity contribution in [3.05, 3.63) is 0 Å². The Morgan fingerprint density at radius 2 is 2.05 bits per heavy atom. The Kier molecular flexibility index (Phi) is 4.93. The number of guanidine groups is 1. The summed E-state index contributed by atoms with van der Waals surface area (Å²) in [6.45, 7) is 5.55. The van der Waals surface area contributed by atoms with E-state index in [1.54, 1.807) is 0 Å². The molecular weight excluding hydrogens is 294 g/mol. The summed E-state index contributed by atoms with van der Waals surface area (Å²) in [4.78, 5) is 4.48. The van der Waals surface area contributed by atoms with Crippen LogP contribution >= 0.6 is 11.8 Å². The molecule has 5 heteroatoms. The van der Waals surface area contributed by atoms with E-state index in [4.69, 9.17) is 4.74 Å². The number of nitrogens with one attached hydrogen (secondary N) is 2. The molecule has 22 heavy (non-hydrogen) atoms. The van der Waals surface area contributed by atoms with Crippen LogP contribution in [0.15, 0.2) is 4.99 Å². The molecule has 3 fully saturated rings. The van der Waals surface area contributed by atoms with Gasteiger partial charge in [0, 0.05) is 42.3 Å². The molecule has 1 aliphatic heterocycles. The number of hydrogen-bond donors (Lipinski definition) is 2. The van der Waals surface area contributed by atoms with Gasteiger partial charge in [-0.15, -0.1) is 0 Å². The van der Waals surface area contributed by atoms with Gasteiger partial charge in [0.15, 0.2) is 5.96 Å². The van der Waals surface area contributed by atoms with Crippen LogP contribution in [-0.2, 0) is 4.74 Å². The molecule has 0 aromatic heterocycles. The zero-order valence-corrected chi connectivity index (χ0v) is 15.2. The highest BCUT2D eigenvalue weighted by Crippen LogP contribution is 2.52. The molecule has 2 saturated carbocycles. The van der Waals surface area contributed by atoms with E-state index in [1.165, 1.54) is 32.1 Å². The minimum absolute atomic E-state index is 0.202. The normalized spacial score (nSPS) is 40.7. The Bertz CT molecular complexity index is 426. The Morgan fingerprint density at radius 1 is 1.23 bits per heavy atom. The number of ether oxygens (including phenoxy) is 1. The monoisotopic (exact) mass is 325 g/mol. The molecule has 0 bridgehead atoms. The van der Waals surface area contributed by atoms with Gasteiger partial charge >= 0.3 is 0 Å². The molecule has 0 aromatic rings. The highest BCUT2D eigenvalue weighted by Gasteiger charge is 2.59. The first kappa shape index (κ1) is 16.4. The average molecular weight is 326 g/mol. The van der Waals surface area contributed by atoms with E-state index in [2.05, 4.69) is 35.7 Å². The number of nitrogens with zero attached hydrogens (tertiary/aromatic N) is 1. The van der Waals surface area contributed by atoms with Gasteiger partial charge in [0.25, 0.3) is 0 Å². The van der Waals surface area contributed by atoms with Crippen molar-refractivity contribution >= 4 is 17.7 Å². The van der Waals surface area contributed by atoms with Crippen molar-refractivity contribution in [1.82, 2.24) is 10.6 Å². The highest BCUT2D eigenvalue weighted by molar-refractivity contribution is 7.99. The summed E-state index contributed by atoms with van der Waals surface area (Å²) in [5, 5.41) is 8.17. The lowest BCUT2D eigenvalue weighted by Gasteiger charge is -2.55. The van der Waals surface area contributed by atoms with Gasteiger partial charge in [-0.3, -0.25) is 4.99 Å². The largest absolute Gasteiger partial charge is 0.377 e. The zero-order valence-electron chi connectivity index (χ0n) is 14.4. The van der Waals surface area contributed by atoms with Crippen molar-refractivity contribution in [2.24, 2.45) is 16.3 Å². The maximum Gasteiger partial charge on any atom is 0.191 e. The predicted octanol–water partition coefficient (Wildman–Crippen LogP) is 2.64. The van der Waals surface area contributed by atoms with Crippen molar-refractivity contribution in [2.75, 3.05) is 19.9 Å². The van der Waals surface area contributed by atoms with Crippen molar-refractivity contribution < 1.29 is 4.74 Å². The SMILES string of the molecule is CN=C(NC1CCCC(SC)C1)NC1C2CCOC2C1(C)C. The molecule has 0 amide bonds. The molecule has 126 valence electrons. The summed E-state index contributed by atoms with van der Waals surface area (Å²) in [7, 11) is 1.89. The molecule has 0 aromatic carbocycles. The minimum Gasteiger partial charge on any atom is -0.377 e. The molecule has 5 atom stereocenters. The maximum absolute atomic E-state index is 5.89. The van der Waals surface area contributed by atoms with E-state index in [9.17, 15) is 0 Å². The quantitative estimate of drug-likeness (QED) is 0.618. The summed E-state index contributed by atoms with van der Waals surface area (Å²) in [6.07, 6.45) is 9.05. The Balaban J connectivity index is 1.56. The number of aliphatic imine (C=N–C) groups is 1. The van der Waals surface area contributed by atoms with Gasteiger partial charge in [-0.05, 0) is 31.9 Å². The second-order valence-corrected chi connectivity index (χ2v) is 8.76. The van der Waals surface area contributed by atoms with E-state index >= 15 is 0 Å². The van der Waals surface area contributed by atoms with E-state index < -0.39 is 0 Å². The van der Waals surface area contributed by atoms with Crippen LogP contribution in [0.5, 0.6) is 0 Å². The summed E-state index contributed by atoms with van der Waals surface area (Å²) < 4.78 is 5.89. The van der Waals surface area contributed by atoms with Crippen LogP contribution in [0.3, 0.4) is 0 Å². The van der Waals surface area contributed by atoms with Gasteiger partial charge in [-0.1, -0.05) is 20.3 Å². The van der Waals surface area contributed by atoms with Gasteiger partial charge in [0.05, 0.1) is 6.10 Å². The van der Waals surface area contributed by atoms with Crippen LogP contribution in [-0.4, -0.2) is 49.3 Å². The smallest absolute Gasteiger partial charge is 0.191 e. The Morgan fingerprint density at radius 3 is 2.77 bits per heavy atom. The minimum atomic E-state index is 0.202. The first-order valence-electron chi connectivity index (χ1n) is 8.70. The van der Waals surface area contributed by atoms with Gasteiger partial charge in [0.1, 0.15) is 0 Å². The second kappa shape index (κ2) is 6.60. The summed E-state index contributed by atoms with van der Waals surface area (Å²) >= 11 is 2.01. The Labute approximate surface area is 139 Å². The van der Waals surface area contributed by atoms with Crippen LogP contribution in [0.1, 0.15) is 46.0 Å². The molecule has 3 rings (SSSR count). The fourth-order valence-electron chi connectivity index (χ4n) is 4.62. The van der Waals surface area contributed by atoms with Crippen molar-refractivity contribution in [3.8, 4) is 0 Å². The predicted molar refractivity (Wildman–Crippen MR) is 94.6 cm³/mol. The van der Waals surface area contributed by atoms with Crippen molar-refractivity contribution in [1.29, 1.82) is 0 Å². The van der Waals surface area contributed by atoms with Crippen LogP contribution < -0.4 is 10.6 Å². The standard InChI is InChI=1S/C17H31N3OS/c1-17(2)14(13-8-9-21-15(13)17)20-16(18-3)19-11-6-5-7-12(10-11)22-4/h11-15H,5-10H2,1-4H3,(H2,18,19,20). The summed E-state index contributed by atoms with van der Waals surface area (Å²) in [6, 6.07) is 1.04. The highest BCUT2D eigenvalue weighted by atomic mass is 32.2. The third-order valence-electron chi connectivity index (χ3n) is 5.92. The van der Waals surface area contributed by atoms with E-state index in [1.807, 2.05) is 18.8 Å². The van der Waals surface area contributed by atoms with Gasteiger partial charge in [-0.2, -0.15) is 11.8 Å². The molecule has 1 saturated heterocycles. The lowest BCUT2D eigenvalue weighted by Crippen LogP contribution is -2.68. The van der Waals surface area contributed by atoms with Crippen LogP contribution in [0.2, 0.25) is 0 Å². The number of hydrogen-bond acceptors (Lipinski definition) is 3. The van der Waals surface area contributed by atoms with E-state index in [-0.39, 0.29) is 5.41 Å².